The van der Waals surface area contributed by atoms with E-state index in [4.69, 9.17) is 9.94 Å². The Kier molecular flexibility index (Phi) is 2.93. The van der Waals surface area contributed by atoms with Crippen LogP contribution in [-0.2, 0) is 9.63 Å². The molecule has 0 aliphatic carbocycles. The molecule has 0 bridgehead atoms. The highest BCUT2D eigenvalue weighted by atomic mass is 16.7. The molecule has 1 rings (SSSR count). The zero-order valence-corrected chi connectivity index (χ0v) is 8.41. The Morgan fingerprint density at radius 2 is 2.31 bits per heavy atom. The van der Waals surface area contributed by atoms with E-state index in [0.29, 0.717) is 12.3 Å². The van der Waals surface area contributed by atoms with Gasteiger partial charge in [-0.25, -0.2) is 5.06 Å². The van der Waals surface area contributed by atoms with E-state index in [1.54, 1.807) is 0 Å². The van der Waals surface area contributed by atoms with Crippen LogP contribution in [0.1, 0.15) is 27.2 Å². The number of carbonyl (C=O) groups is 1. The molecule has 1 saturated heterocycles. The fraction of sp³-hybridized carbons (Fsp3) is 0.889. The molecule has 1 heterocycles. The molecule has 76 valence electrons. The third-order valence-electron chi connectivity index (χ3n) is 2.62. The predicted octanol–water partition coefficient (Wildman–Crippen LogP) is 0.557. The first kappa shape index (κ1) is 10.5. The zero-order chi connectivity index (χ0) is 10.1. The number of nitrogens with zero attached hydrogens (tertiary/aromatic N) is 1. The second-order valence-electron chi connectivity index (χ2n) is 3.95. The van der Waals surface area contributed by atoms with E-state index >= 15 is 0 Å². The maximum atomic E-state index is 11.4. The zero-order valence-electron chi connectivity index (χ0n) is 8.41. The number of hydroxylamine groups is 2. The lowest BCUT2D eigenvalue weighted by atomic mass is 9.90. The SMILES string of the molecule is CC(C)C1(C)CC(=O)N(CCO)O1. The molecule has 13 heavy (non-hydrogen) atoms. The van der Waals surface area contributed by atoms with Crippen molar-refractivity contribution >= 4 is 5.91 Å². The summed E-state index contributed by atoms with van der Waals surface area (Å²) in [5, 5.41) is 9.94. The van der Waals surface area contributed by atoms with Crippen LogP contribution in [0.3, 0.4) is 0 Å². The first-order chi connectivity index (χ1) is 5.99. The van der Waals surface area contributed by atoms with Crippen LogP contribution in [-0.4, -0.2) is 34.8 Å². The molecular formula is C9H17NO3. The Hall–Kier alpha value is -0.610. The summed E-state index contributed by atoms with van der Waals surface area (Å²) >= 11 is 0. The Labute approximate surface area is 78.4 Å². The lowest BCUT2D eigenvalue weighted by Crippen LogP contribution is -2.33. The summed E-state index contributed by atoms with van der Waals surface area (Å²) in [6.07, 6.45) is 0.407. The number of carbonyl (C=O) groups excluding carboxylic acids is 1. The molecule has 4 heteroatoms. The summed E-state index contributed by atoms with van der Waals surface area (Å²) < 4.78 is 0. The number of aliphatic hydroxyl groups excluding tert-OH is 1. The normalized spacial score (nSPS) is 29.0. The van der Waals surface area contributed by atoms with Crippen molar-refractivity contribution in [3.05, 3.63) is 0 Å². The molecule has 1 atom stereocenters. The van der Waals surface area contributed by atoms with Gasteiger partial charge in [0.1, 0.15) is 5.60 Å². The number of aliphatic hydroxyl groups is 1. The predicted molar refractivity (Wildman–Crippen MR) is 47.7 cm³/mol. The summed E-state index contributed by atoms with van der Waals surface area (Å²) in [7, 11) is 0. The quantitative estimate of drug-likeness (QED) is 0.702. The topological polar surface area (TPSA) is 49.8 Å². The molecular weight excluding hydrogens is 170 g/mol. The van der Waals surface area contributed by atoms with Crippen molar-refractivity contribution in [1.82, 2.24) is 5.06 Å². The van der Waals surface area contributed by atoms with Crippen LogP contribution >= 0.6 is 0 Å². The highest BCUT2D eigenvalue weighted by Crippen LogP contribution is 2.32. The summed E-state index contributed by atoms with van der Waals surface area (Å²) in [5.41, 5.74) is -0.397. The lowest BCUT2D eigenvalue weighted by molar-refractivity contribution is -0.207. The lowest BCUT2D eigenvalue weighted by Gasteiger charge is -2.27. The molecule has 4 nitrogen and oxygen atoms in total. The van der Waals surface area contributed by atoms with Crippen molar-refractivity contribution in [1.29, 1.82) is 0 Å². The van der Waals surface area contributed by atoms with Crippen LogP contribution in [0.4, 0.5) is 0 Å². The van der Waals surface area contributed by atoms with Gasteiger partial charge >= 0.3 is 0 Å². The molecule has 1 aliphatic rings. The fourth-order valence-corrected chi connectivity index (χ4v) is 1.29. The molecule has 0 aromatic carbocycles. The molecule has 1 aliphatic heterocycles. The fourth-order valence-electron chi connectivity index (χ4n) is 1.29. The average molecular weight is 187 g/mol. The van der Waals surface area contributed by atoms with Crippen LogP contribution in [0.2, 0.25) is 0 Å². The minimum Gasteiger partial charge on any atom is -0.394 e. The van der Waals surface area contributed by atoms with E-state index in [2.05, 4.69) is 0 Å². The molecule has 0 radical (unpaired) electrons. The van der Waals surface area contributed by atoms with E-state index in [1.165, 1.54) is 5.06 Å². The van der Waals surface area contributed by atoms with Gasteiger partial charge in [0.25, 0.3) is 0 Å². The number of hydrogen-bond donors (Lipinski definition) is 1. The van der Waals surface area contributed by atoms with Crippen LogP contribution in [0.5, 0.6) is 0 Å². The van der Waals surface area contributed by atoms with Crippen molar-refractivity contribution < 1.29 is 14.7 Å². The van der Waals surface area contributed by atoms with E-state index in [1.807, 2.05) is 20.8 Å². The van der Waals surface area contributed by atoms with Crippen molar-refractivity contribution in [2.75, 3.05) is 13.2 Å². The third kappa shape index (κ3) is 2.00. The number of amides is 1. The van der Waals surface area contributed by atoms with Gasteiger partial charge in [-0.05, 0) is 12.8 Å². The molecule has 1 N–H and O–H groups in total. The minimum atomic E-state index is -0.397. The maximum absolute atomic E-state index is 11.4. The monoisotopic (exact) mass is 187 g/mol. The molecule has 0 aromatic heterocycles. The number of β-amino-alcohol motifs (C(OH)–C–C–N with tert-alkyl or cyclic N) is 1. The van der Waals surface area contributed by atoms with E-state index in [9.17, 15) is 4.79 Å². The van der Waals surface area contributed by atoms with Crippen LogP contribution in [0.15, 0.2) is 0 Å². The van der Waals surface area contributed by atoms with Crippen molar-refractivity contribution in [3.8, 4) is 0 Å². The summed E-state index contributed by atoms with van der Waals surface area (Å²) in [6, 6.07) is 0. The van der Waals surface area contributed by atoms with Gasteiger partial charge < -0.3 is 5.11 Å². The van der Waals surface area contributed by atoms with Gasteiger partial charge in [0.15, 0.2) is 0 Å². The third-order valence-corrected chi connectivity index (χ3v) is 2.62. The number of hydrogen-bond acceptors (Lipinski definition) is 3. The van der Waals surface area contributed by atoms with E-state index in [-0.39, 0.29) is 19.1 Å². The second kappa shape index (κ2) is 3.64. The van der Waals surface area contributed by atoms with Gasteiger partial charge in [-0.2, -0.15) is 0 Å². The van der Waals surface area contributed by atoms with Gasteiger partial charge in [-0.15, -0.1) is 0 Å². The minimum absolute atomic E-state index is 0.0368. The standard InChI is InChI=1S/C9H17NO3/c1-7(2)9(3)6-8(12)10(13-9)4-5-11/h7,11H,4-6H2,1-3H3. The van der Waals surface area contributed by atoms with Crippen molar-refractivity contribution in [3.63, 3.8) is 0 Å². The van der Waals surface area contributed by atoms with Gasteiger partial charge in [0.2, 0.25) is 5.91 Å². The summed E-state index contributed by atoms with van der Waals surface area (Å²) in [6.45, 7) is 6.18. The summed E-state index contributed by atoms with van der Waals surface area (Å²) in [4.78, 5) is 16.9. The van der Waals surface area contributed by atoms with Gasteiger partial charge in [0, 0.05) is 0 Å². The highest BCUT2D eigenvalue weighted by Gasteiger charge is 2.43. The Morgan fingerprint density at radius 3 is 2.69 bits per heavy atom. The highest BCUT2D eigenvalue weighted by molar-refractivity contribution is 5.77. The Morgan fingerprint density at radius 1 is 1.69 bits per heavy atom. The van der Waals surface area contributed by atoms with E-state index < -0.39 is 5.60 Å². The molecule has 1 unspecified atom stereocenters. The van der Waals surface area contributed by atoms with Crippen molar-refractivity contribution in [2.24, 2.45) is 5.92 Å². The molecule has 0 saturated carbocycles. The van der Waals surface area contributed by atoms with Gasteiger partial charge in [-0.1, -0.05) is 13.8 Å². The molecule has 0 aromatic rings. The van der Waals surface area contributed by atoms with Crippen LogP contribution in [0, 0.1) is 5.92 Å². The first-order valence-corrected chi connectivity index (χ1v) is 4.60. The van der Waals surface area contributed by atoms with Crippen molar-refractivity contribution in [2.45, 2.75) is 32.8 Å². The van der Waals surface area contributed by atoms with Gasteiger partial charge in [0.05, 0.1) is 19.6 Å². The maximum Gasteiger partial charge on any atom is 0.249 e. The first-order valence-electron chi connectivity index (χ1n) is 4.60. The van der Waals surface area contributed by atoms with Crippen LogP contribution < -0.4 is 0 Å². The Bertz CT molecular complexity index is 205. The number of rotatable bonds is 3. The largest absolute Gasteiger partial charge is 0.394 e. The smallest absolute Gasteiger partial charge is 0.249 e. The summed E-state index contributed by atoms with van der Waals surface area (Å²) in [5.74, 6) is 0.255. The molecule has 1 amide bonds. The molecule has 0 spiro atoms. The van der Waals surface area contributed by atoms with E-state index in [0.717, 1.165) is 0 Å². The van der Waals surface area contributed by atoms with Gasteiger partial charge in [-0.3, -0.25) is 9.63 Å². The van der Waals surface area contributed by atoms with Crippen LogP contribution in [0.25, 0.3) is 0 Å². The Balaban J connectivity index is 2.63. The average Bonchev–Trinajstić information content (AvgIpc) is 2.29. The second-order valence-corrected chi connectivity index (χ2v) is 3.95. The molecule has 1 fully saturated rings.